The zero-order chi connectivity index (χ0) is 30.2. The molecule has 0 bridgehead atoms. The average Bonchev–Trinajstić information content (AvgIpc) is 3.53. The summed E-state index contributed by atoms with van der Waals surface area (Å²) in [6.45, 7) is 5.42. The molecule has 0 unspecified atom stereocenters. The van der Waals surface area contributed by atoms with E-state index in [-0.39, 0.29) is 11.7 Å². The number of rotatable bonds is 7. The number of nitrogens with zero attached hydrogens (tertiary/aromatic N) is 2. The quantitative estimate of drug-likeness (QED) is 0.179. The molecule has 9 heteroatoms. The van der Waals surface area contributed by atoms with E-state index in [1.165, 1.54) is 11.3 Å². The first-order valence-electron chi connectivity index (χ1n) is 13.9. The van der Waals surface area contributed by atoms with E-state index in [4.69, 9.17) is 14.5 Å². The molecule has 1 aliphatic rings. The highest BCUT2D eigenvalue weighted by molar-refractivity contribution is 7.98. The molecular weight excluding hydrogens is 579 g/mol. The first-order chi connectivity index (χ1) is 20.8. The lowest BCUT2D eigenvalue weighted by Crippen LogP contribution is -2.40. The second-order valence-electron chi connectivity index (χ2n) is 10.5. The number of carbonyl (C=O) groups is 1. The predicted molar refractivity (Wildman–Crippen MR) is 174 cm³/mol. The Balaban J connectivity index is 1.60. The maximum Gasteiger partial charge on any atom is 0.338 e. The van der Waals surface area contributed by atoms with Crippen molar-refractivity contribution >= 4 is 46.0 Å². The van der Waals surface area contributed by atoms with Crippen LogP contribution in [0.1, 0.15) is 37.9 Å². The van der Waals surface area contributed by atoms with E-state index in [0.717, 1.165) is 38.2 Å². The number of hydrogen-bond donors (Lipinski definition) is 1. The Morgan fingerprint density at radius 2 is 1.81 bits per heavy atom. The fraction of sp³-hybridized carbons (Fsp3) is 0.206. The Morgan fingerprint density at radius 1 is 1.07 bits per heavy atom. The maximum absolute atomic E-state index is 14.3. The number of aromatic amines is 1. The number of allylic oxidation sites excluding steroid dienone is 1. The minimum Gasteiger partial charge on any atom is -0.495 e. The number of thiazole rings is 1. The Bertz CT molecular complexity index is 2050. The zero-order valence-electron chi connectivity index (χ0n) is 24.5. The van der Waals surface area contributed by atoms with Crippen LogP contribution < -0.4 is 19.6 Å². The van der Waals surface area contributed by atoms with Gasteiger partial charge in [0.2, 0.25) is 0 Å². The molecule has 3 aromatic carbocycles. The van der Waals surface area contributed by atoms with Crippen LogP contribution in [0.25, 0.3) is 28.2 Å². The third-order valence-electron chi connectivity index (χ3n) is 7.41. The number of methoxy groups -OCH3 is 1. The average molecular weight is 610 g/mol. The second kappa shape index (κ2) is 11.7. The lowest BCUT2D eigenvalue weighted by atomic mass is 9.96. The summed E-state index contributed by atoms with van der Waals surface area (Å²) < 4.78 is 13.4. The smallest absolute Gasteiger partial charge is 0.338 e. The minimum atomic E-state index is -0.669. The van der Waals surface area contributed by atoms with Crippen LogP contribution in [0, 0.1) is 0 Å². The summed E-state index contributed by atoms with van der Waals surface area (Å²) in [6, 6.07) is 23.1. The van der Waals surface area contributed by atoms with Gasteiger partial charge >= 0.3 is 5.97 Å². The molecule has 218 valence electrons. The van der Waals surface area contributed by atoms with Gasteiger partial charge in [0.15, 0.2) is 4.80 Å². The van der Waals surface area contributed by atoms with E-state index < -0.39 is 12.0 Å². The topological polar surface area (TPSA) is 85.7 Å². The van der Waals surface area contributed by atoms with Crippen molar-refractivity contribution < 1.29 is 14.3 Å². The second-order valence-corrected chi connectivity index (χ2v) is 12.4. The van der Waals surface area contributed by atoms with E-state index in [9.17, 15) is 9.59 Å². The molecule has 0 spiro atoms. The number of ether oxygens (including phenoxy) is 2. The molecule has 0 fully saturated rings. The largest absolute Gasteiger partial charge is 0.495 e. The maximum atomic E-state index is 14.3. The molecule has 3 heterocycles. The third-order valence-corrected chi connectivity index (χ3v) is 9.14. The van der Waals surface area contributed by atoms with Crippen molar-refractivity contribution in [3.05, 3.63) is 115 Å². The lowest BCUT2D eigenvalue weighted by Gasteiger charge is -2.25. The third kappa shape index (κ3) is 5.23. The number of esters is 1. The van der Waals surface area contributed by atoms with Crippen molar-refractivity contribution in [3.63, 3.8) is 0 Å². The molecule has 0 saturated heterocycles. The van der Waals surface area contributed by atoms with Crippen molar-refractivity contribution in [2.45, 2.75) is 37.8 Å². The highest BCUT2D eigenvalue weighted by Gasteiger charge is 2.34. The van der Waals surface area contributed by atoms with E-state index in [1.54, 1.807) is 30.4 Å². The lowest BCUT2D eigenvalue weighted by molar-refractivity contribution is -0.143. The normalized spacial score (nSPS) is 15.1. The molecule has 2 aromatic heterocycles. The number of H-pyrrole nitrogens is 1. The van der Waals surface area contributed by atoms with Gasteiger partial charge in [-0.2, -0.15) is 0 Å². The zero-order valence-corrected chi connectivity index (χ0v) is 26.1. The molecule has 5 aromatic rings. The van der Waals surface area contributed by atoms with Crippen LogP contribution in [0.15, 0.2) is 98.7 Å². The molecule has 0 saturated carbocycles. The monoisotopic (exact) mass is 609 g/mol. The highest BCUT2D eigenvalue weighted by atomic mass is 32.2. The van der Waals surface area contributed by atoms with Crippen LogP contribution in [0.5, 0.6) is 5.75 Å². The highest BCUT2D eigenvalue weighted by Crippen LogP contribution is 2.36. The molecule has 0 aliphatic carbocycles. The van der Waals surface area contributed by atoms with Crippen LogP contribution in [0.4, 0.5) is 0 Å². The molecule has 6 rings (SSSR count). The molecule has 1 N–H and O–H groups in total. The van der Waals surface area contributed by atoms with Crippen LogP contribution in [-0.4, -0.2) is 35.0 Å². The summed E-state index contributed by atoms with van der Waals surface area (Å²) in [4.78, 5) is 37.7. The predicted octanol–water partition coefficient (Wildman–Crippen LogP) is 6.07. The Labute approximate surface area is 257 Å². The summed E-state index contributed by atoms with van der Waals surface area (Å²) in [5.41, 5.74) is 5.10. The molecule has 1 atom stereocenters. The molecule has 7 nitrogen and oxygen atoms in total. The Hall–Kier alpha value is -4.34. The summed E-state index contributed by atoms with van der Waals surface area (Å²) in [5.74, 6) is 0.243. The fourth-order valence-corrected chi connectivity index (χ4v) is 6.89. The van der Waals surface area contributed by atoms with Crippen LogP contribution in [0.3, 0.4) is 0 Å². The molecular formula is C34H31N3O4S2. The van der Waals surface area contributed by atoms with E-state index in [2.05, 4.69) is 4.98 Å². The van der Waals surface area contributed by atoms with Gasteiger partial charge in [0.05, 0.1) is 46.3 Å². The summed E-state index contributed by atoms with van der Waals surface area (Å²) in [7, 11) is 1.64. The van der Waals surface area contributed by atoms with Gasteiger partial charge in [0.25, 0.3) is 5.56 Å². The van der Waals surface area contributed by atoms with Gasteiger partial charge in [0.1, 0.15) is 5.75 Å². The van der Waals surface area contributed by atoms with Crippen molar-refractivity contribution in [2.75, 3.05) is 13.4 Å². The number of aromatic nitrogens is 2. The van der Waals surface area contributed by atoms with Gasteiger partial charge in [-0.3, -0.25) is 9.36 Å². The molecule has 43 heavy (non-hydrogen) atoms. The Morgan fingerprint density at radius 3 is 2.49 bits per heavy atom. The van der Waals surface area contributed by atoms with Gasteiger partial charge < -0.3 is 14.5 Å². The number of thioether (sulfide) groups is 1. The van der Waals surface area contributed by atoms with Crippen molar-refractivity contribution in [3.8, 4) is 17.0 Å². The van der Waals surface area contributed by atoms with E-state index in [1.807, 2.05) is 99.0 Å². The number of fused-ring (bicyclic) bond motifs is 2. The molecule has 0 radical (unpaired) electrons. The van der Waals surface area contributed by atoms with Gasteiger partial charge in [0, 0.05) is 15.8 Å². The number of para-hydroxylation sites is 1. The molecule has 0 amide bonds. The number of benzene rings is 3. The summed E-state index contributed by atoms with van der Waals surface area (Å²) in [6.07, 6.45) is 3.62. The van der Waals surface area contributed by atoms with Crippen LogP contribution >= 0.6 is 23.1 Å². The van der Waals surface area contributed by atoms with Gasteiger partial charge in [-0.1, -0.05) is 65.9 Å². The van der Waals surface area contributed by atoms with E-state index in [0.29, 0.717) is 26.4 Å². The van der Waals surface area contributed by atoms with Gasteiger partial charge in [-0.25, -0.2) is 9.79 Å². The van der Waals surface area contributed by atoms with Crippen molar-refractivity contribution in [1.29, 1.82) is 0 Å². The summed E-state index contributed by atoms with van der Waals surface area (Å²) in [5, 5.41) is 0.936. The number of hydrogen-bond acceptors (Lipinski definition) is 7. The van der Waals surface area contributed by atoms with Crippen molar-refractivity contribution in [2.24, 2.45) is 4.99 Å². The minimum absolute atomic E-state index is 0.221. The van der Waals surface area contributed by atoms with Crippen LogP contribution in [0.2, 0.25) is 0 Å². The van der Waals surface area contributed by atoms with Gasteiger partial charge in [-0.15, -0.1) is 11.8 Å². The fourth-order valence-electron chi connectivity index (χ4n) is 5.46. The van der Waals surface area contributed by atoms with Gasteiger partial charge in [-0.05, 0) is 62.4 Å². The standard InChI is InChI=1S/C34H31N3O4S2/c1-19(2)41-33(39)28-20(3)35-34-37(31(28)22-14-16-23(42-5)17-15-22)32(38)27(43-34)18-25-24-12-9-13-26(40-4)30(24)36-29(25)21-10-7-6-8-11-21/h6-19,31,36H,1-5H3/b27-18-/t31-/m1/s1. The number of nitrogens with one attached hydrogen (secondary N) is 1. The number of carbonyl (C=O) groups excluding carboxylic acids is 1. The van der Waals surface area contributed by atoms with Crippen LogP contribution in [-0.2, 0) is 9.53 Å². The first kappa shape index (κ1) is 28.8. The molecule has 1 aliphatic heterocycles. The summed E-state index contributed by atoms with van der Waals surface area (Å²) >= 11 is 2.95. The first-order valence-corrected chi connectivity index (χ1v) is 16.0. The SMILES string of the molecule is COc1cccc2c(/C=c3\sc4n(c3=O)[C@H](c3ccc(SC)cc3)C(C(=O)OC(C)C)=C(C)N=4)c(-c3ccccc3)[nH]c12. The Kier molecular flexibility index (Phi) is 7.85. The van der Waals surface area contributed by atoms with E-state index >= 15 is 0 Å². The van der Waals surface area contributed by atoms with Crippen molar-refractivity contribution in [1.82, 2.24) is 9.55 Å².